The summed E-state index contributed by atoms with van der Waals surface area (Å²) in [6, 6.07) is 163. The number of nitrogens with zero attached hydrogens (tertiary/aromatic N) is 2. The molecule has 22 rings (SSSR count). The fraction of sp³-hybridized carbons (Fsp3) is 0.00901. The zero-order valence-electron chi connectivity index (χ0n) is 62.8. The molecule has 0 fully saturated rings. The van der Waals surface area contributed by atoms with Gasteiger partial charge in [0.25, 0.3) is 0 Å². The number of anilines is 6. The number of hydrogen-bond donors (Lipinski definition) is 0. The van der Waals surface area contributed by atoms with Gasteiger partial charge in [0.1, 0.15) is 0 Å². The molecule has 0 bridgehead atoms. The number of benzene rings is 19. The summed E-state index contributed by atoms with van der Waals surface area (Å²) in [6.45, 7) is 0. The first-order chi connectivity index (χ1) is 57.1. The van der Waals surface area contributed by atoms with Gasteiger partial charge in [-0.2, -0.15) is 0 Å². The molecule has 2 aromatic heterocycles. The maximum atomic E-state index is 2.57. The lowest BCUT2D eigenvalue weighted by Crippen LogP contribution is -2.28. The van der Waals surface area contributed by atoms with Gasteiger partial charge in [0.05, 0.1) is 28.2 Å². The van der Waals surface area contributed by atoms with Gasteiger partial charge in [-0.3, -0.25) is 0 Å². The van der Waals surface area contributed by atoms with E-state index in [-0.39, 0.29) is 0 Å². The third-order valence-corrected chi connectivity index (χ3v) is 26.3. The quantitative estimate of drug-likeness (QED) is 0.101. The number of fused-ring (bicyclic) bond motifs is 11. The maximum absolute atomic E-state index is 2.57. The van der Waals surface area contributed by atoms with Crippen molar-refractivity contribution in [3.8, 4) is 89.0 Å². The van der Waals surface area contributed by atoms with Crippen LogP contribution in [0.3, 0.4) is 0 Å². The summed E-state index contributed by atoms with van der Waals surface area (Å²) < 4.78 is 5.09. The second-order valence-corrected chi connectivity index (χ2v) is 32.0. The van der Waals surface area contributed by atoms with Crippen molar-refractivity contribution >= 4 is 119 Å². The molecule has 0 aliphatic heterocycles. The average Bonchev–Trinajstić information content (AvgIpc) is 1.53. The van der Waals surface area contributed by atoms with Crippen LogP contribution < -0.4 is 9.80 Å². The van der Waals surface area contributed by atoms with Gasteiger partial charge in [-0.15, -0.1) is 22.7 Å². The van der Waals surface area contributed by atoms with Gasteiger partial charge in [0, 0.05) is 90.7 Å². The second kappa shape index (κ2) is 28.2. The molecular formula is C111H72N2S2. The van der Waals surface area contributed by atoms with E-state index in [4.69, 9.17) is 0 Å². The number of hydrogen-bond acceptors (Lipinski definition) is 4. The van der Waals surface area contributed by atoms with Gasteiger partial charge < -0.3 is 9.80 Å². The van der Waals surface area contributed by atoms with Crippen molar-refractivity contribution in [2.75, 3.05) is 9.80 Å². The molecule has 0 amide bonds. The Balaban J connectivity index is 0.669. The Hall–Kier alpha value is -14.3. The molecule has 1 aliphatic rings. The molecule has 0 radical (unpaired) electrons. The molecule has 21 aromatic rings. The third-order valence-electron chi connectivity index (χ3n) is 23.8. The summed E-state index contributed by atoms with van der Waals surface area (Å²) >= 11 is 3.79. The number of para-hydroxylation sites is 3. The van der Waals surface area contributed by atoms with Crippen molar-refractivity contribution in [2.24, 2.45) is 0 Å². The van der Waals surface area contributed by atoms with Crippen LogP contribution in [0.5, 0.6) is 0 Å². The molecule has 1 aliphatic carbocycles. The summed E-state index contributed by atoms with van der Waals surface area (Å²) in [7, 11) is 0. The summed E-state index contributed by atoms with van der Waals surface area (Å²) in [4.78, 5) is 5.04. The van der Waals surface area contributed by atoms with Gasteiger partial charge in [-0.05, 0) is 155 Å². The first-order valence-corrected chi connectivity index (χ1v) is 41.2. The van der Waals surface area contributed by atoms with Crippen LogP contribution in [0.15, 0.2) is 437 Å². The second-order valence-electron chi connectivity index (χ2n) is 30.0. The molecular weight excluding hydrogens is 1430 g/mol. The molecule has 0 saturated carbocycles. The Morgan fingerprint density at radius 1 is 0.200 bits per heavy atom. The van der Waals surface area contributed by atoms with Crippen molar-refractivity contribution in [3.05, 3.63) is 459 Å². The highest BCUT2D eigenvalue weighted by Gasteiger charge is 2.47. The Bertz CT molecular complexity index is 7310. The highest BCUT2D eigenvalue weighted by molar-refractivity contribution is 7.27. The van der Waals surface area contributed by atoms with Gasteiger partial charge in [-0.25, -0.2) is 0 Å². The first-order valence-electron chi connectivity index (χ1n) is 39.5. The summed E-state index contributed by atoms with van der Waals surface area (Å²) in [6.07, 6.45) is 0. The van der Waals surface area contributed by atoms with Crippen LogP contribution in [0.2, 0.25) is 0 Å². The van der Waals surface area contributed by atoms with E-state index < -0.39 is 5.41 Å². The van der Waals surface area contributed by atoms with Crippen LogP contribution in [0.25, 0.3) is 151 Å². The lowest BCUT2D eigenvalue weighted by Gasteiger charge is -2.34. The van der Waals surface area contributed by atoms with E-state index in [9.17, 15) is 0 Å². The topological polar surface area (TPSA) is 6.48 Å². The minimum atomic E-state index is -0.599. The van der Waals surface area contributed by atoms with E-state index in [1.54, 1.807) is 0 Å². The summed E-state index contributed by atoms with van der Waals surface area (Å²) in [5.41, 5.74) is 29.9. The van der Waals surface area contributed by atoms with Crippen LogP contribution >= 0.6 is 22.7 Å². The number of thiophene rings is 2. The standard InChI is InChI=1S/C111H72N2S2/c1-4-31-75(32-5-1)86-46-13-18-62-101(86)112(102-63-19-14-47-88(102)92-54-27-56-94-90-49-16-21-66-105(90)114-108(92)94)82-69-67-73(68-70-82)77-37-22-38-78(71-77)87-52-25-35-76-36-26-53-91(106(76)87)95-57-29-59-97-96-58-28-55-93(109(96)115-110(95)97)89-48-15-20-64-103(89)113(83-44-23-39-79(72-83)85-51-24-34-74-33-10-11-45-84(74)85)104-65-30-61-100-107(104)98-50-12-17-60-99(98)111(100,80-40-6-2-7-41-80)81-42-8-3-9-43-81/h1-72H. The van der Waals surface area contributed by atoms with Crippen LogP contribution in [-0.4, -0.2) is 0 Å². The van der Waals surface area contributed by atoms with E-state index in [1.807, 2.05) is 22.7 Å². The number of rotatable bonds is 15. The molecule has 19 aromatic carbocycles. The third kappa shape index (κ3) is 11.2. The molecule has 2 nitrogen and oxygen atoms in total. The SMILES string of the molecule is c1ccc(-c2ccccc2N(c2ccc(-c3cccc(-c4cccc5cccc(-c6cccc7c6sc6c(-c8ccccc8N(c8cccc(-c9cccc%10ccccc9%10)c8)c8cccc9c8-c8ccccc8C9(c8ccccc8)c8ccccc8)cccc67)c45)c3)cc2)c2ccccc2-c2cccc3c2sc2ccccc23)cc1. The van der Waals surface area contributed by atoms with E-state index in [0.717, 1.165) is 73.1 Å². The van der Waals surface area contributed by atoms with E-state index in [0.29, 0.717) is 0 Å². The normalized spacial score (nSPS) is 12.2. The van der Waals surface area contributed by atoms with Crippen LogP contribution in [-0.2, 0) is 5.41 Å². The van der Waals surface area contributed by atoms with Crippen molar-refractivity contribution in [2.45, 2.75) is 5.41 Å². The van der Waals surface area contributed by atoms with Crippen LogP contribution in [0, 0.1) is 0 Å². The molecule has 0 saturated heterocycles. The smallest absolute Gasteiger partial charge is 0.0714 e. The Morgan fingerprint density at radius 3 is 1.29 bits per heavy atom. The fourth-order valence-corrected chi connectivity index (χ4v) is 21.4. The first kappa shape index (κ1) is 67.6. The monoisotopic (exact) mass is 1500 g/mol. The summed E-state index contributed by atoms with van der Waals surface area (Å²) in [5, 5.41) is 9.92. The molecule has 2 heterocycles. The predicted molar refractivity (Wildman–Crippen MR) is 492 cm³/mol. The summed E-state index contributed by atoms with van der Waals surface area (Å²) in [5.74, 6) is 0. The largest absolute Gasteiger partial charge is 0.309 e. The molecule has 0 N–H and O–H groups in total. The Morgan fingerprint density at radius 2 is 0.609 bits per heavy atom. The molecule has 0 spiro atoms. The molecule has 4 heteroatoms. The van der Waals surface area contributed by atoms with Crippen LogP contribution in [0.4, 0.5) is 34.1 Å². The van der Waals surface area contributed by atoms with Gasteiger partial charge in [0.15, 0.2) is 0 Å². The predicted octanol–water partition coefficient (Wildman–Crippen LogP) is 31.7. The van der Waals surface area contributed by atoms with Crippen molar-refractivity contribution in [3.63, 3.8) is 0 Å². The molecule has 538 valence electrons. The van der Waals surface area contributed by atoms with E-state index in [2.05, 4.69) is 447 Å². The minimum Gasteiger partial charge on any atom is -0.309 e. The van der Waals surface area contributed by atoms with Gasteiger partial charge in [-0.1, -0.05) is 376 Å². The van der Waals surface area contributed by atoms with E-state index >= 15 is 0 Å². The minimum absolute atomic E-state index is 0.599. The van der Waals surface area contributed by atoms with Crippen molar-refractivity contribution in [1.29, 1.82) is 0 Å². The molecule has 115 heavy (non-hydrogen) atoms. The van der Waals surface area contributed by atoms with Crippen LogP contribution in [0.1, 0.15) is 22.3 Å². The lowest BCUT2D eigenvalue weighted by molar-refractivity contribution is 0.768. The lowest BCUT2D eigenvalue weighted by atomic mass is 9.68. The van der Waals surface area contributed by atoms with Crippen molar-refractivity contribution in [1.82, 2.24) is 0 Å². The fourth-order valence-electron chi connectivity index (χ4n) is 18.8. The highest BCUT2D eigenvalue weighted by atomic mass is 32.1. The van der Waals surface area contributed by atoms with Gasteiger partial charge in [0.2, 0.25) is 0 Å². The van der Waals surface area contributed by atoms with E-state index in [1.165, 1.54) is 134 Å². The maximum Gasteiger partial charge on any atom is 0.0714 e. The highest BCUT2D eigenvalue weighted by Crippen LogP contribution is 2.61. The molecule has 0 atom stereocenters. The zero-order valence-corrected chi connectivity index (χ0v) is 64.4. The molecule has 0 unspecified atom stereocenters. The Kier molecular flexibility index (Phi) is 16.6. The zero-order chi connectivity index (χ0) is 75.9. The van der Waals surface area contributed by atoms with Gasteiger partial charge >= 0.3 is 0 Å². The average molecular weight is 1500 g/mol. The van der Waals surface area contributed by atoms with Crippen molar-refractivity contribution < 1.29 is 0 Å². The Labute approximate surface area is 676 Å².